The molecule has 3 rings (SSSR count). The molecule has 8 heteroatoms. The van der Waals surface area contributed by atoms with Crippen LogP contribution in [-0.2, 0) is 16.1 Å². The summed E-state index contributed by atoms with van der Waals surface area (Å²) in [5, 5.41) is 7.14. The van der Waals surface area contributed by atoms with Crippen molar-refractivity contribution in [2.24, 2.45) is 11.8 Å². The molecule has 1 aliphatic heterocycles. The maximum absolute atomic E-state index is 12.6. The molecular formula is C16H22N6O2. The molecule has 0 saturated carbocycles. The Hall–Kier alpha value is -2.48. The van der Waals surface area contributed by atoms with Crippen molar-refractivity contribution in [2.75, 3.05) is 38.3 Å². The summed E-state index contributed by atoms with van der Waals surface area (Å²) in [6.45, 7) is 3.17. The fourth-order valence-electron chi connectivity index (χ4n) is 3.07. The lowest BCUT2D eigenvalue weighted by atomic mass is 9.96. The molecule has 2 aromatic rings. The molecule has 0 spiro atoms. The van der Waals surface area contributed by atoms with Gasteiger partial charge in [-0.2, -0.15) is 5.10 Å². The average Bonchev–Trinajstić information content (AvgIpc) is 3.26. The first kappa shape index (κ1) is 16.4. The molecule has 0 bridgehead atoms. The molecule has 3 heterocycles. The Balaban J connectivity index is 1.58. The number of hydrogen-bond acceptors (Lipinski definition) is 6. The second-order valence-corrected chi connectivity index (χ2v) is 5.85. The Bertz CT molecular complexity index is 633. The topological polar surface area (TPSA) is 85.2 Å². The maximum atomic E-state index is 12.6. The third kappa shape index (κ3) is 3.88. The van der Waals surface area contributed by atoms with Gasteiger partial charge in [-0.1, -0.05) is 0 Å². The van der Waals surface area contributed by atoms with Gasteiger partial charge in [-0.05, 0) is 12.1 Å². The molecule has 1 N–H and O–H groups in total. The summed E-state index contributed by atoms with van der Waals surface area (Å²) < 4.78 is 7.10. The van der Waals surface area contributed by atoms with E-state index in [-0.39, 0.29) is 17.7 Å². The van der Waals surface area contributed by atoms with Gasteiger partial charge in [0, 0.05) is 51.3 Å². The highest BCUT2D eigenvalue weighted by atomic mass is 16.5. The maximum Gasteiger partial charge on any atom is 0.225 e. The lowest BCUT2D eigenvalue weighted by Gasteiger charge is -2.17. The fourth-order valence-corrected chi connectivity index (χ4v) is 3.07. The van der Waals surface area contributed by atoms with Gasteiger partial charge >= 0.3 is 0 Å². The van der Waals surface area contributed by atoms with E-state index >= 15 is 0 Å². The normalized spacial score (nSPS) is 20.3. The van der Waals surface area contributed by atoms with Crippen LogP contribution < -0.4 is 10.2 Å². The monoisotopic (exact) mass is 330 g/mol. The van der Waals surface area contributed by atoms with Crippen LogP contribution in [-0.4, -0.2) is 59.0 Å². The van der Waals surface area contributed by atoms with Gasteiger partial charge < -0.3 is 15.0 Å². The molecule has 1 aliphatic rings. The SMILES string of the molecule is COC[C@@H]1CN(c2ccncn2)C[C@H]1C(=O)NCCn1cccn1. The summed E-state index contributed by atoms with van der Waals surface area (Å²) in [4.78, 5) is 22.9. The molecule has 1 fully saturated rings. The Labute approximate surface area is 140 Å². The second-order valence-electron chi connectivity index (χ2n) is 5.85. The van der Waals surface area contributed by atoms with Gasteiger partial charge in [0.1, 0.15) is 12.1 Å². The van der Waals surface area contributed by atoms with E-state index in [1.165, 1.54) is 6.33 Å². The highest BCUT2D eigenvalue weighted by Gasteiger charge is 2.37. The number of ether oxygens (including phenoxy) is 1. The van der Waals surface area contributed by atoms with Crippen molar-refractivity contribution in [3.05, 3.63) is 37.1 Å². The van der Waals surface area contributed by atoms with Gasteiger partial charge in [-0.15, -0.1) is 0 Å². The molecule has 8 nitrogen and oxygen atoms in total. The number of methoxy groups -OCH3 is 1. The van der Waals surface area contributed by atoms with Crippen molar-refractivity contribution >= 4 is 11.7 Å². The molecule has 128 valence electrons. The van der Waals surface area contributed by atoms with Crippen molar-refractivity contribution in [1.82, 2.24) is 25.1 Å². The van der Waals surface area contributed by atoms with E-state index in [1.54, 1.807) is 24.2 Å². The van der Waals surface area contributed by atoms with E-state index in [0.29, 0.717) is 26.2 Å². The molecule has 0 aromatic carbocycles. The molecule has 0 radical (unpaired) electrons. The number of anilines is 1. The van der Waals surface area contributed by atoms with Crippen molar-refractivity contribution in [3.8, 4) is 0 Å². The lowest BCUT2D eigenvalue weighted by molar-refractivity contribution is -0.126. The Morgan fingerprint density at radius 3 is 3.04 bits per heavy atom. The van der Waals surface area contributed by atoms with Crippen LogP contribution in [0.25, 0.3) is 0 Å². The zero-order valence-corrected chi connectivity index (χ0v) is 13.7. The second kappa shape index (κ2) is 7.87. The predicted octanol–water partition coefficient (Wildman–Crippen LogP) is 0.188. The van der Waals surface area contributed by atoms with Crippen LogP contribution in [0.2, 0.25) is 0 Å². The van der Waals surface area contributed by atoms with Crippen LogP contribution in [0.1, 0.15) is 0 Å². The number of hydrogen-bond donors (Lipinski definition) is 1. The van der Waals surface area contributed by atoms with Crippen LogP contribution in [0.15, 0.2) is 37.1 Å². The first-order valence-electron chi connectivity index (χ1n) is 8.03. The molecule has 2 aromatic heterocycles. The van der Waals surface area contributed by atoms with E-state index in [0.717, 1.165) is 12.4 Å². The number of nitrogens with one attached hydrogen (secondary N) is 1. The molecule has 24 heavy (non-hydrogen) atoms. The Kier molecular flexibility index (Phi) is 5.37. The predicted molar refractivity (Wildman–Crippen MR) is 88.3 cm³/mol. The molecule has 1 saturated heterocycles. The largest absolute Gasteiger partial charge is 0.384 e. The van der Waals surface area contributed by atoms with Gasteiger partial charge in [-0.25, -0.2) is 9.97 Å². The van der Waals surface area contributed by atoms with Crippen molar-refractivity contribution in [1.29, 1.82) is 0 Å². The number of rotatable bonds is 7. The first-order valence-corrected chi connectivity index (χ1v) is 8.03. The summed E-state index contributed by atoms with van der Waals surface area (Å²) in [5.74, 6) is 0.936. The number of nitrogens with zero attached hydrogens (tertiary/aromatic N) is 5. The fraction of sp³-hybridized carbons (Fsp3) is 0.500. The van der Waals surface area contributed by atoms with Gasteiger partial charge in [0.05, 0.1) is 19.1 Å². The zero-order valence-electron chi connectivity index (χ0n) is 13.7. The van der Waals surface area contributed by atoms with E-state index in [2.05, 4.69) is 25.3 Å². The standard InChI is InChI=1S/C16H22N6O2/c1-24-11-13-9-21(15-3-5-17-12-19-15)10-14(13)16(23)18-6-8-22-7-2-4-20-22/h2-5,7,12-14H,6,8-11H2,1H3,(H,18,23)/t13-,14+/m0/s1. The van der Waals surface area contributed by atoms with E-state index < -0.39 is 0 Å². The first-order chi connectivity index (χ1) is 11.8. The zero-order chi connectivity index (χ0) is 16.8. The number of aromatic nitrogens is 4. The van der Waals surface area contributed by atoms with Crippen LogP contribution in [0.5, 0.6) is 0 Å². The van der Waals surface area contributed by atoms with Gasteiger partial charge in [0.25, 0.3) is 0 Å². The summed E-state index contributed by atoms with van der Waals surface area (Å²) in [5.41, 5.74) is 0. The summed E-state index contributed by atoms with van der Waals surface area (Å²) in [7, 11) is 1.67. The minimum absolute atomic E-state index is 0.0563. The van der Waals surface area contributed by atoms with E-state index in [1.807, 2.05) is 18.3 Å². The third-order valence-corrected chi connectivity index (χ3v) is 4.25. The lowest BCUT2D eigenvalue weighted by Crippen LogP contribution is -2.37. The van der Waals surface area contributed by atoms with Crippen LogP contribution >= 0.6 is 0 Å². The minimum atomic E-state index is -0.113. The Morgan fingerprint density at radius 1 is 1.42 bits per heavy atom. The van der Waals surface area contributed by atoms with Crippen molar-refractivity contribution in [2.45, 2.75) is 6.54 Å². The molecule has 0 aliphatic carbocycles. The highest BCUT2D eigenvalue weighted by molar-refractivity contribution is 5.80. The molecular weight excluding hydrogens is 308 g/mol. The van der Waals surface area contributed by atoms with Crippen molar-refractivity contribution < 1.29 is 9.53 Å². The number of amides is 1. The smallest absolute Gasteiger partial charge is 0.225 e. The van der Waals surface area contributed by atoms with Gasteiger partial charge in [0.15, 0.2) is 0 Å². The highest BCUT2D eigenvalue weighted by Crippen LogP contribution is 2.27. The summed E-state index contributed by atoms with van der Waals surface area (Å²) >= 11 is 0. The average molecular weight is 330 g/mol. The molecule has 1 amide bonds. The number of carbonyl (C=O) groups is 1. The van der Waals surface area contributed by atoms with Gasteiger partial charge in [-0.3, -0.25) is 9.48 Å². The third-order valence-electron chi connectivity index (χ3n) is 4.25. The van der Waals surface area contributed by atoms with Gasteiger partial charge in [0.2, 0.25) is 5.91 Å². The van der Waals surface area contributed by atoms with Crippen LogP contribution in [0.4, 0.5) is 5.82 Å². The quantitative estimate of drug-likeness (QED) is 0.780. The number of carbonyl (C=O) groups excluding carboxylic acids is 1. The summed E-state index contributed by atoms with van der Waals surface area (Å²) in [6, 6.07) is 3.73. The van der Waals surface area contributed by atoms with E-state index in [9.17, 15) is 4.79 Å². The summed E-state index contributed by atoms with van der Waals surface area (Å²) in [6.07, 6.45) is 6.85. The Morgan fingerprint density at radius 2 is 2.33 bits per heavy atom. The van der Waals surface area contributed by atoms with Crippen LogP contribution in [0.3, 0.4) is 0 Å². The molecule has 0 unspecified atom stereocenters. The van der Waals surface area contributed by atoms with Crippen LogP contribution in [0, 0.1) is 11.8 Å². The molecule has 2 atom stereocenters. The van der Waals surface area contributed by atoms with Crippen molar-refractivity contribution in [3.63, 3.8) is 0 Å². The van der Waals surface area contributed by atoms with E-state index in [4.69, 9.17) is 4.74 Å². The minimum Gasteiger partial charge on any atom is -0.384 e.